The number of hydrogen-bond donors (Lipinski definition) is 0. The molecule has 28 heavy (non-hydrogen) atoms. The van der Waals surface area contributed by atoms with Crippen molar-refractivity contribution in [1.29, 1.82) is 0 Å². The van der Waals surface area contributed by atoms with Gasteiger partial charge in [-0.3, -0.25) is 4.79 Å². The van der Waals surface area contributed by atoms with Crippen LogP contribution in [-0.4, -0.2) is 31.6 Å². The molecule has 0 saturated heterocycles. The van der Waals surface area contributed by atoms with Crippen LogP contribution in [0, 0.1) is 0 Å². The molecule has 0 bridgehead atoms. The second-order valence-corrected chi connectivity index (χ2v) is 6.26. The van der Waals surface area contributed by atoms with Crippen LogP contribution in [0.5, 0.6) is 11.5 Å². The van der Waals surface area contributed by atoms with Crippen LogP contribution in [0.4, 0.5) is 8.78 Å². The molecule has 148 valence electrons. The van der Waals surface area contributed by atoms with E-state index in [4.69, 9.17) is 9.15 Å². The lowest BCUT2D eigenvalue weighted by Crippen LogP contribution is -2.26. The number of amides is 1. The number of rotatable bonds is 7. The Morgan fingerprint density at radius 2 is 1.93 bits per heavy atom. The number of fused-ring (bicyclic) bond motifs is 1. The molecule has 3 rings (SSSR count). The molecular formula is C21H21F2NO4. The van der Waals surface area contributed by atoms with Gasteiger partial charge in [-0.05, 0) is 24.3 Å². The van der Waals surface area contributed by atoms with E-state index in [1.54, 1.807) is 11.9 Å². The van der Waals surface area contributed by atoms with Crippen LogP contribution in [0.1, 0.15) is 28.6 Å². The first-order valence-electron chi connectivity index (χ1n) is 8.82. The highest BCUT2D eigenvalue weighted by Crippen LogP contribution is 2.31. The average molecular weight is 389 g/mol. The number of ether oxygens (including phenoxy) is 2. The van der Waals surface area contributed by atoms with Crippen molar-refractivity contribution in [3.05, 3.63) is 59.4 Å². The molecule has 0 atom stereocenters. The van der Waals surface area contributed by atoms with Crippen molar-refractivity contribution in [3.8, 4) is 11.5 Å². The highest BCUT2D eigenvalue weighted by atomic mass is 19.3. The van der Waals surface area contributed by atoms with Gasteiger partial charge in [-0.2, -0.15) is 8.78 Å². The van der Waals surface area contributed by atoms with Crippen molar-refractivity contribution in [3.63, 3.8) is 0 Å². The quantitative estimate of drug-likeness (QED) is 0.578. The summed E-state index contributed by atoms with van der Waals surface area (Å²) >= 11 is 0. The molecule has 2 aromatic carbocycles. The third-order valence-corrected chi connectivity index (χ3v) is 4.47. The number of carbonyl (C=O) groups is 1. The summed E-state index contributed by atoms with van der Waals surface area (Å²) < 4.78 is 40.3. The summed E-state index contributed by atoms with van der Waals surface area (Å²) in [4.78, 5) is 14.4. The number of halogens is 2. The monoisotopic (exact) mass is 389 g/mol. The predicted octanol–water partition coefficient (Wildman–Crippen LogP) is 4.88. The number of methoxy groups -OCH3 is 1. The molecule has 0 spiro atoms. The van der Waals surface area contributed by atoms with Crippen LogP contribution in [0.2, 0.25) is 0 Å². The van der Waals surface area contributed by atoms with Gasteiger partial charge in [0.2, 0.25) is 0 Å². The molecule has 0 aliphatic carbocycles. The number of alkyl halides is 2. The van der Waals surface area contributed by atoms with Gasteiger partial charge in [0, 0.05) is 36.5 Å². The standard InChI is InChI=1S/C21H21F2NO4/c1-4-16-15(14-7-5-6-8-17(14)27-16)12-24(2)20(25)13-9-10-18(28-21(22)23)19(11-13)26-3/h5-11,21H,4,12H2,1-3H3. The van der Waals surface area contributed by atoms with Crippen molar-refractivity contribution in [2.24, 2.45) is 0 Å². The fraction of sp³-hybridized carbons (Fsp3) is 0.286. The topological polar surface area (TPSA) is 51.9 Å². The molecule has 0 radical (unpaired) electrons. The van der Waals surface area contributed by atoms with Gasteiger partial charge >= 0.3 is 6.61 Å². The number of nitrogens with zero attached hydrogens (tertiary/aromatic N) is 1. The number of furan rings is 1. The Bertz CT molecular complexity index is 984. The zero-order valence-corrected chi connectivity index (χ0v) is 15.9. The lowest BCUT2D eigenvalue weighted by Gasteiger charge is -2.18. The summed E-state index contributed by atoms with van der Waals surface area (Å²) in [6.07, 6.45) is 0.708. The summed E-state index contributed by atoms with van der Waals surface area (Å²) in [7, 11) is 3.01. The highest BCUT2D eigenvalue weighted by Gasteiger charge is 2.20. The molecule has 3 aromatic rings. The molecule has 0 unspecified atom stereocenters. The normalized spacial score (nSPS) is 11.1. The van der Waals surface area contributed by atoms with Gasteiger partial charge in [0.1, 0.15) is 11.3 Å². The molecule has 0 aliphatic heterocycles. The molecule has 5 nitrogen and oxygen atoms in total. The molecule has 1 heterocycles. The predicted molar refractivity (Wildman–Crippen MR) is 101 cm³/mol. The summed E-state index contributed by atoms with van der Waals surface area (Å²) in [5.74, 6) is 0.515. The van der Waals surface area contributed by atoms with Crippen molar-refractivity contribution in [1.82, 2.24) is 4.90 Å². The van der Waals surface area contributed by atoms with E-state index in [1.165, 1.54) is 25.3 Å². The molecule has 0 fully saturated rings. The van der Waals surface area contributed by atoms with E-state index in [-0.39, 0.29) is 17.4 Å². The first-order valence-corrected chi connectivity index (χ1v) is 8.82. The van der Waals surface area contributed by atoms with Gasteiger partial charge in [-0.1, -0.05) is 25.1 Å². The van der Waals surface area contributed by atoms with E-state index in [2.05, 4.69) is 4.74 Å². The zero-order valence-electron chi connectivity index (χ0n) is 15.9. The minimum Gasteiger partial charge on any atom is -0.493 e. The van der Waals surface area contributed by atoms with E-state index in [0.717, 1.165) is 22.3 Å². The fourth-order valence-corrected chi connectivity index (χ4v) is 3.13. The van der Waals surface area contributed by atoms with E-state index < -0.39 is 6.61 Å². The van der Waals surface area contributed by atoms with E-state index in [0.29, 0.717) is 18.5 Å². The number of benzene rings is 2. The van der Waals surface area contributed by atoms with Crippen molar-refractivity contribution in [2.45, 2.75) is 26.5 Å². The van der Waals surface area contributed by atoms with Crippen LogP contribution in [-0.2, 0) is 13.0 Å². The molecule has 0 saturated carbocycles. The van der Waals surface area contributed by atoms with Crippen molar-refractivity contribution >= 4 is 16.9 Å². The molecule has 0 N–H and O–H groups in total. The Kier molecular flexibility index (Phi) is 5.82. The summed E-state index contributed by atoms with van der Waals surface area (Å²) in [5, 5.41) is 0.970. The van der Waals surface area contributed by atoms with Gasteiger partial charge in [0.25, 0.3) is 5.91 Å². The van der Waals surface area contributed by atoms with Gasteiger partial charge in [0.15, 0.2) is 11.5 Å². The minimum atomic E-state index is -2.97. The van der Waals surface area contributed by atoms with Crippen LogP contribution >= 0.6 is 0 Å². The third-order valence-electron chi connectivity index (χ3n) is 4.47. The first-order chi connectivity index (χ1) is 13.4. The second-order valence-electron chi connectivity index (χ2n) is 6.26. The lowest BCUT2D eigenvalue weighted by atomic mass is 10.1. The van der Waals surface area contributed by atoms with Gasteiger partial charge in [0.05, 0.1) is 7.11 Å². The fourth-order valence-electron chi connectivity index (χ4n) is 3.13. The third kappa shape index (κ3) is 3.93. The Morgan fingerprint density at radius 3 is 2.61 bits per heavy atom. The Balaban J connectivity index is 1.85. The molecule has 1 amide bonds. The molecule has 0 aliphatic rings. The van der Waals surface area contributed by atoms with Crippen molar-refractivity contribution < 1.29 is 27.5 Å². The zero-order chi connectivity index (χ0) is 20.3. The molecular weight excluding hydrogens is 368 g/mol. The average Bonchev–Trinajstić information content (AvgIpc) is 3.05. The number of aryl methyl sites for hydroxylation is 1. The number of para-hydroxylation sites is 1. The smallest absolute Gasteiger partial charge is 0.387 e. The van der Waals surface area contributed by atoms with E-state index in [1.807, 2.05) is 31.2 Å². The van der Waals surface area contributed by atoms with Crippen LogP contribution in [0.3, 0.4) is 0 Å². The molecule has 1 aromatic heterocycles. The lowest BCUT2D eigenvalue weighted by molar-refractivity contribution is -0.0512. The Morgan fingerprint density at radius 1 is 1.18 bits per heavy atom. The molecule has 7 heteroatoms. The van der Waals surface area contributed by atoms with Crippen LogP contribution < -0.4 is 9.47 Å². The van der Waals surface area contributed by atoms with E-state index >= 15 is 0 Å². The maximum Gasteiger partial charge on any atom is 0.387 e. The Hall–Kier alpha value is -3.09. The number of carbonyl (C=O) groups excluding carboxylic acids is 1. The largest absolute Gasteiger partial charge is 0.493 e. The maximum absolute atomic E-state index is 12.9. The van der Waals surface area contributed by atoms with Gasteiger partial charge < -0.3 is 18.8 Å². The van der Waals surface area contributed by atoms with Crippen LogP contribution in [0.25, 0.3) is 11.0 Å². The minimum absolute atomic E-state index is 0.0718. The SMILES string of the molecule is CCc1oc2ccccc2c1CN(C)C(=O)c1ccc(OC(F)F)c(OC)c1. The van der Waals surface area contributed by atoms with Gasteiger partial charge in [-0.15, -0.1) is 0 Å². The summed E-state index contributed by atoms with van der Waals surface area (Å²) in [6.45, 7) is -0.619. The van der Waals surface area contributed by atoms with Crippen LogP contribution in [0.15, 0.2) is 46.9 Å². The van der Waals surface area contributed by atoms with Gasteiger partial charge in [-0.25, -0.2) is 0 Å². The maximum atomic E-state index is 12.9. The van der Waals surface area contributed by atoms with Crippen molar-refractivity contribution in [2.75, 3.05) is 14.2 Å². The second kappa shape index (κ2) is 8.29. The number of hydrogen-bond acceptors (Lipinski definition) is 4. The highest BCUT2D eigenvalue weighted by molar-refractivity contribution is 5.95. The van der Waals surface area contributed by atoms with E-state index in [9.17, 15) is 13.6 Å². The summed E-state index contributed by atoms with van der Waals surface area (Å²) in [6, 6.07) is 11.8. The Labute approximate surface area is 161 Å². The summed E-state index contributed by atoms with van der Waals surface area (Å²) in [5.41, 5.74) is 2.05. The first kappa shape index (κ1) is 19.7.